The Morgan fingerprint density at radius 3 is 2.85 bits per heavy atom. The summed E-state index contributed by atoms with van der Waals surface area (Å²) < 4.78 is 10.8. The molecule has 0 amide bonds. The normalized spacial score (nSPS) is 17.1. The number of ether oxygens (including phenoxy) is 1. The van der Waals surface area contributed by atoms with Gasteiger partial charge in [0, 0.05) is 10.9 Å². The Morgan fingerprint density at radius 1 is 1.45 bits per heavy atom. The second-order valence-corrected chi connectivity index (χ2v) is 5.42. The fourth-order valence-electron chi connectivity index (χ4n) is 3.06. The number of fused-ring (bicyclic) bond motifs is 1. The van der Waals surface area contributed by atoms with Crippen LogP contribution in [-0.4, -0.2) is 13.2 Å². The van der Waals surface area contributed by atoms with Crippen molar-refractivity contribution in [2.45, 2.75) is 31.2 Å². The van der Waals surface area contributed by atoms with Crippen LogP contribution in [0.3, 0.4) is 0 Å². The lowest BCUT2D eigenvalue weighted by molar-refractivity contribution is 0.404. The number of hydrogen-bond acceptors (Lipinski definition) is 4. The lowest BCUT2D eigenvalue weighted by Crippen LogP contribution is -2.19. The molecule has 20 heavy (non-hydrogen) atoms. The summed E-state index contributed by atoms with van der Waals surface area (Å²) in [6.07, 6.45) is 6.93. The summed E-state index contributed by atoms with van der Waals surface area (Å²) in [4.78, 5) is 14.9. The smallest absolute Gasteiger partial charge is 0.235 e. The number of nitrogens with zero attached hydrogens (tertiary/aromatic N) is 1. The first kappa shape index (κ1) is 13.2. The predicted octanol–water partition coefficient (Wildman–Crippen LogP) is 4.20. The van der Waals surface area contributed by atoms with Crippen LogP contribution >= 0.6 is 11.6 Å². The molecule has 1 aromatic heterocycles. The summed E-state index contributed by atoms with van der Waals surface area (Å²) in [7, 11) is 1.58. The molecule has 0 atom stereocenters. The molecule has 0 N–H and O–H groups in total. The van der Waals surface area contributed by atoms with Gasteiger partial charge in [0.25, 0.3) is 0 Å². The van der Waals surface area contributed by atoms with E-state index in [9.17, 15) is 4.79 Å². The van der Waals surface area contributed by atoms with Crippen LogP contribution in [0.4, 0.5) is 0 Å². The van der Waals surface area contributed by atoms with E-state index in [0.717, 1.165) is 36.6 Å². The number of hydrogen-bond donors (Lipinski definition) is 0. The molecule has 5 heteroatoms. The van der Waals surface area contributed by atoms with E-state index in [0.29, 0.717) is 16.4 Å². The van der Waals surface area contributed by atoms with Crippen LogP contribution in [0.25, 0.3) is 11.0 Å². The molecule has 1 heterocycles. The second kappa shape index (κ2) is 4.97. The van der Waals surface area contributed by atoms with Gasteiger partial charge in [0.2, 0.25) is 6.08 Å². The van der Waals surface area contributed by atoms with Gasteiger partial charge in [0.1, 0.15) is 0 Å². The van der Waals surface area contributed by atoms with Crippen molar-refractivity contribution in [2.75, 3.05) is 7.11 Å². The third-order valence-electron chi connectivity index (χ3n) is 4.05. The molecule has 3 rings (SSSR count). The van der Waals surface area contributed by atoms with Crippen molar-refractivity contribution >= 4 is 28.7 Å². The molecule has 1 fully saturated rings. The van der Waals surface area contributed by atoms with Crippen LogP contribution in [0.2, 0.25) is 5.02 Å². The third kappa shape index (κ3) is 1.84. The highest BCUT2D eigenvalue weighted by Gasteiger charge is 2.38. The molecule has 2 aromatic rings. The molecule has 0 bridgehead atoms. The highest BCUT2D eigenvalue weighted by atomic mass is 35.5. The fourth-order valence-corrected chi connectivity index (χ4v) is 3.44. The van der Waals surface area contributed by atoms with Crippen LogP contribution in [0.1, 0.15) is 31.2 Å². The number of furan rings is 1. The fraction of sp³-hybridized carbons (Fsp3) is 0.400. The van der Waals surface area contributed by atoms with Gasteiger partial charge in [-0.05, 0) is 25.0 Å². The van der Waals surface area contributed by atoms with Crippen LogP contribution < -0.4 is 4.74 Å². The minimum absolute atomic E-state index is 0.572. The number of carbonyl (C=O) groups excluding carboxylic acids is 1. The van der Waals surface area contributed by atoms with Crippen molar-refractivity contribution in [2.24, 2.45) is 4.99 Å². The van der Waals surface area contributed by atoms with E-state index < -0.39 is 5.54 Å². The number of halogens is 1. The van der Waals surface area contributed by atoms with Crippen LogP contribution in [0.5, 0.6) is 5.75 Å². The maximum atomic E-state index is 10.8. The first-order valence-corrected chi connectivity index (χ1v) is 6.93. The van der Waals surface area contributed by atoms with E-state index in [1.54, 1.807) is 25.5 Å². The van der Waals surface area contributed by atoms with E-state index in [1.807, 2.05) is 6.07 Å². The van der Waals surface area contributed by atoms with E-state index in [4.69, 9.17) is 20.8 Å². The zero-order valence-electron chi connectivity index (χ0n) is 11.1. The molecule has 0 unspecified atom stereocenters. The van der Waals surface area contributed by atoms with Crippen molar-refractivity contribution in [3.63, 3.8) is 0 Å². The average molecular weight is 292 g/mol. The van der Waals surface area contributed by atoms with E-state index in [2.05, 4.69) is 4.99 Å². The molecule has 4 nitrogen and oxygen atoms in total. The Morgan fingerprint density at radius 2 is 2.20 bits per heavy atom. The Hall–Kier alpha value is -1.77. The van der Waals surface area contributed by atoms with Gasteiger partial charge in [-0.15, -0.1) is 0 Å². The molecular formula is C15H14ClNO3. The SMILES string of the molecule is COc1cc(C2(N=C=O)CCCC2)c(Cl)c2ccoc12. The third-order valence-corrected chi connectivity index (χ3v) is 4.46. The van der Waals surface area contributed by atoms with Gasteiger partial charge < -0.3 is 9.15 Å². The maximum Gasteiger partial charge on any atom is 0.235 e. The minimum Gasteiger partial charge on any atom is -0.493 e. The molecule has 0 spiro atoms. The Bertz CT molecular complexity index is 694. The summed E-state index contributed by atoms with van der Waals surface area (Å²) >= 11 is 6.51. The molecule has 0 saturated heterocycles. The Labute approximate surface area is 121 Å². The van der Waals surface area contributed by atoms with Gasteiger partial charge in [0.15, 0.2) is 11.3 Å². The summed E-state index contributed by atoms with van der Waals surface area (Å²) in [5, 5.41) is 1.36. The van der Waals surface area contributed by atoms with Gasteiger partial charge in [-0.2, -0.15) is 4.99 Å². The predicted molar refractivity (Wildman–Crippen MR) is 76.0 cm³/mol. The number of benzene rings is 1. The molecule has 1 aliphatic carbocycles. The molecule has 0 aliphatic heterocycles. The Balaban J connectivity index is 2.29. The van der Waals surface area contributed by atoms with E-state index in [-0.39, 0.29) is 0 Å². The first-order chi connectivity index (χ1) is 9.72. The standard InChI is InChI=1S/C15H14ClNO3/c1-19-12-8-11(13(16)10-4-7-20-14(10)12)15(17-9-18)5-2-3-6-15/h4,7-8H,2-3,5-6H2,1H3. The quantitative estimate of drug-likeness (QED) is 0.629. The summed E-state index contributed by atoms with van der Waals surface area (Å²) in [6.45, 7) is 0. The van der Waals surface area contributed by atoms with Gasteiger partial charge in [-0.25, -0.2) is 4.79 Å². The largest absolute Gasteiger partial charge is 0.493 e. The second-order valence-electron chi connectivity index (χ2n) is 5.05. The molecule has 1 saturated carbocycles. The van der Waals surface area contributed by atoms with Crippen molar-refractivity contribution in [1.82, 2.24) is 0 Å². The van der Waals surface area contributed by atoms with E-state index in [1.165, 1.54) is 0 Å². The number of methoxy groups -OCH3 is 1. The van der Waals surface area contributed by atoms with Gasteiger partial charge in [-0.1, -0.05) is 24.4 Å². The van der Waals surface area contributed by atoms with Crippen molar-refractivity contribution < 1.29 is 13.9 Å². The van der Waals surface area contributed by atoms with Gasteiger partial charge in [0.05, 0.1) is 23.9 Å². The zero-order valence-corrected chi connectivity index (χ0v) is 11.9. The summed E-state index contributed by atoms with van der Waals surface area (Å²) in [6, 6.07) is 3.64. The number of aliphatic imine (C=N–C) groups is 1. The topological polar surface area (TPSA) is 51.8 Å². The first-order valence-electron chi connectivity index (χ1n) is 6.55. The number of isocyanates is 1. The monoisotopic (exact) mass is 291 g/mol. The van der Waals surface area contributed by atoms with Crippen molar-refractivity contribution in [3.05, 3.63) is 29.0 Å². The maximum absolute atomic E-state index is 10.8. The average Bonchev–Trinajstić information content (AvgIpc) is 3.09. The molecule has 1 aromatic carbocycles. The summed E-state index contributed by atoms with van der Waals surface area (Å²) in [5.41, 5.74) is 0.868. The number of rotatable bonds is 3. The van der Waals surface area contributed by atoms with Crippen LogP contribution in [-0.2, 0) is 10.3 Å². The lowest BCUT2D eigenvalue weighted by atomic mass is 9.88. The van der Waals surface area contributed by atoms with E-state index >= 15 is 0 Å². The van der Waals surface area contributed by atoms with Gasteiger partial charge >= 0.3 is 0 Å². The molecule has 104 valence electrons. The highest BCUT2D eigenvalue weighted by Crippen LogP contribution is 2.48. The van der Waals surface area contributed by atoms with Crippen LogP contribution in [0, 0.1) is 0 Å². The van der Waals surface area contributed by atoms with Gasteiger partial charge in [-0.3, -0.25) is 0 Å². The Kier molecular flexibility index (Phi) is 3.28. The zero-order chi connectivity index (χ0) is 14.2. The summed E-state index contributed by atoms with van der Waals surface area (Å²) in [5.74, 6) is 0.608. The highest BCUT2D eigenvalue weighted by molar-refractivity contribution is 6.36. The van der Waals surface area contributed by atoms with Crippen molar-refractivity contribution in [3.8, 4) is 5.75 Å². The lowest BCUT2D eigenvalue weighted by Gasteiger charge is -2.24. The molecular weight excluding hydrogens is 278 g/mol. The van der Waals surface area contributed by atoms with Crippen molar-refractivity contribution in [1.29, 1.82) is 0 Å². The molecule has 1 aliphatic rings. The molecule has 0 radical (unpaired) electrons. The minimum atomic E-state index is -0.572. The van der Waals surface area contributed by atoms with Crippen LogP contribution in [0.15, 0.2) is 27.8 Å².